The molecule has 0 aliphatic carbocycles. The van der Waals surface area contributed by atoms with E-state index in [1.165, 1.54) is 11.3 Å². The molecule has 3 heteroatoms. The zero-order valence-corrected chi connectivity index (χ0v) is 6.56. The molecule has 0 aromatic carbocycles. The minimum Gasteiger partial charge on any atom is -0.389 e. The fourth-order valence-corrected chi connectivity index (χ4v) is 1.27. The molecule has 1 heterocycles. The van der Waals surface area contributed by atoms with Crippen LogP contribution in [0.15, 0.2) is 11.5 Å². The van der Waals surface area contributed by atoms with Crippen molar-refractivity contribution in [3.8, 4) is 0 Å². The van der Waals surface area contributed by atoms with Gasteiger partial charge in [-0.2, -0.15) is 0 Å². The van der Waals surface area contributed by atoms with E-state index in [-0.39, 0.29) is 6.61 Å². The summed E-state index contributed by atoms with van der Waals surface area (Å²) in [5, 5.41) is 11.3. The number of aliphatic hydroxyl groups excluding tert-OH is 1. The maximum atomic E-state index is 8.64. The van der Waals surface area contributed by atoms with Gasteiger partial charge in [-0.05, 0) is 13.0 Å². The van der Waals surface area contributed by atoms with E-state index in [2.05, 4.69) is 4.98 Å². The van der Waals surface area contributed by atoms with Gasteiger partial charge in [-0.3, -0.25) is 0 Å². The molecule has 1 rings (SSSR count). The SMILES string of the molecule is CC=Cc1csc(CO)n1. The maximum Gasteiger partial charge on any atom is 0.119 e. The molecule has 0 saturated heterocycles. The van der Waals surface area contributed by atoms with E-state index in [4.69, 9.17) is 5.11 Å². The molecule has 0 fully saturated rings. The minimum absolute atomic E-state index is 0.0439. The van der Waals surface area contributed by atoms with Gasteiger partial charge in [-0.15, -0.1) is 11.3 Å². The number of hydrogen-bond acceptors (Lipinski definition) is 3. The molecule has 0 radical (unpaired) electrons. The summed E-state index contributed by atoms with van der Waals surface area (Å²) >= 11 is 1.48. The summed E-state index contributed by atoms with van der Waals surface area (Å²) in [4.78, 5) is 4.10. The number of nitrogens with zero attached hydrogens (tertiary/aromatic N) is 1. The zero-order valence-electron chi connectivity index (χ0n) is 5.74. The van der Waals surface area contributed by atoms with Crippen LogP contribution >= 0.6 is 11.3 Å². The average molecular weight is 155 g/mol. The zero-order chi connectivity index (χ0) is 7.40. The predicted molar refractivity (Wildman–Crippen MR) is 42.7 cm³/mol. The van der Waals surface area contributed by atoms with Crippen LogP contribution in [0.4, 0.5) is 0 Å². The van der Waals surface area contributed by atoms with Gasteiger partial charge in [-0.1, -0.05) is 6.08 Å². The first kappa shape index (κ1) is 7.44. The van der Waals surface area contributed by atoms with Crippen LogP contribution in [0, 0.1) is 0 Å². The van der Waals surface area contributed by atoms with Crippen molar-refractivity contribution in [2.75, 3.05) is 0 Å². The van der Waals surface area contributed by atoms with Gasteiger partial charge in [0.05, 0.1) is 12.3 Å². The van der Waals surface area contributed by atoms with Gasteiger partial charge in [-0.25, -0.2) is 4.98 Å². The summed E-state index contributed by atoms with van der Waals surface area (Å²) in [7, 11) is 0. The van der Waals surface area contributed by atoms with E-state index in [0.717, 1.165) is 10.7 Å². The van der Waals surface area contributed by atoms with E-state index in [1.807, 2.05) is 24.5 Å². The predicted octanol–water partition coefficient (Wildman–Crippen LogP) is 1.67. The standard InChI is InChI=1S/C7H9NOS/c1-2-3-6-5-10-7(4-9)8-6/h2-3,5,9H,4H2,1H3. The van der Waals surface area contributed by atoms with Gasteiger partial charge in [0.1, 0.15) is 5.01 Å². The third-order valence-corrected chi connectivity index (χ3v) is 1.89. The molecule has 0 amide bonds. The van der Waals surface area contributed by atoms with Gasteiger partial charge in [0, 0.05) is 5.38 Å². The number of hydrogen-bond donors (Lipinski definition) is 1. The van der Waals surface area contributed by atoms with Gasteiger partial charge in [0.2, 0.25) is 0 Å². The monoisotopic (exact) mass is 155 g/mol. The van der Waals surface area contributed by atoms with Crippen molar-refractivity contribution in [1.29, 1.82) is 0 Å². The lowest BCUT2D eigenvalue weighted by Gasteiger charge is -1.81. The first-order chi connectivity index (χ1) is 4.86. The molecule has 0 aliphatic heterocycles. The molecule has 0 aliphatic rings. The third-order valence-electron chi connectivity index (χ3n) is 1.04. The Morgan fingerprint density at radius 2 is 2.60 bits per heavy atom. The Bertz CT molecular complexity index is 229. The van der Waals surface area contributed by atoms with E-state index in [1.54, 1.807) is 0 Å². The number of allylic oxidation sites excluding steroid dienone is 1. The highest BCUT2D eigenvalue weighted by molar-refractivity contribution is 7.09. The van der Waals surface area contributed by atoms with Crippen LogP contribution in [0.25, 0.3) is 6.08 Å². The summed E-state index contributed by atoms with van der Waals surface area (Å²) in [6.45, 7) is 1.99. The summed E-state index contributed by atoms with van der Waals surface area (Å²) < 4.78 is 0. The molecule has 2 nitrogen and oxygen atoms in total. The molecule has 1 aromatic rings. The molecular formula is C7H9NOS. The van der Waals surface area contributed by atoms with Crippen LogP contribution in [0.1, 0.15) is 17.6 Å². The lowest BCUT2D eigenvalue weighted by molar-refractivity contribution is 0.281. The Kier molecular flexibility index (Phi) is 2.59. The number of aliphatic hydroxyl groups is 1. The fraction of sp³-hybridized carbons (Fsp3) is 0.286. The minimum atomic E-state index is 0.0439. The van der Waals surface area contributed by atoms with Crippen LogP contribution in [0.2, 0.25) is 0 Å². The van der Waals surface area contributed by atoms with Crippen molar-refractivity contribution >= 4 is 17.4 Å². The molecule has 0 bridgehead atoms. The Hall–Kier alpha value is -0.670. The number of rotatable bonds is 2. The highest BCUT2D eigenvalue weighted by atomic mass is 32.1. The molecule has 1 aromatic heterocycles. The number of aromatic nitrogens is 1. The van der Waals surface area contributed by atoms with Gasteiger partial charge < -0.3 is 5.11 Å². The van der Waals surface area contributed by atoms with Gasteiger partial charge >= 0.3 is 0 Å². The molecular weight excluding hydrogens is 146 g/mol. The van der Waals surface area contributed by atoms with Gasteiger partial charge in [0.15, 0.2) is 0 Å². The van der Waals surface area contributed by atoms with Crippen LogP contribution < -0.4 is 0 Å². The van der Waals surface area contributed by atoms with Crippen LogP contribution in [-0.2, 0) is 6.61 Å². The van der Waals surface area contributed by atoms with Crippen LogP contribution in [0.3, 0.4) is 0 Å². The molecule has 0 unspecified atom stereocenters. The van der Waals surface area contributed by atoms with Crippen LogP contribution in [-0.4, -0.2) is 10.1 Å². The van der Waals surface area contributed by atoms with Crippen LogP contribution in [0.5, 0.6) is 0 Å². The molecule has 0 spiro atoms. The van der Waals surface area contributed by atoms with Crippen molar-refractivity contribution in [3.05, 3.63) is 22.2 Å². The van der Waals surface area contributed by atoms with E-state index in [9.17, 15) is 0 Å². The summed E-state index contributed by atoms with van der Waals surface area (Å²) in [5.41, 5.74) is 0.927. The second kappa shape index (κ2) is 3.49. The first-order valence-electron chi connectivity index (χ1n) is 3.04. The summed E-state index contributed by atoms with van der Waals surface area (Å²) in [5.74, 6) is 0. The quantitative estimate of drug-likeness (QED) is 0.704. The molecule has 0 atom stereocenters. The number of thiazole rings is 1. The first-order valence-corrected chi connectivity index (χ1v) is 3.92. The lowest BCUT2D eigenvalue weighted by atomic mass is 10.4. The Labute approximate surface area is 63.9 Å². The van der Waals surface area contributed by atoms with Crippen molar-refractivity contribution in [3.63, 3.8) is 0 Å². The summed E-state index contributed by atoms with van der Waals surface area (Å²) in [6, 6.07) is 0. The summed E-state index contributed by atoms with van der Waals surface area (Å²) in [6.07, 6.45) is 3.84. The molecule has 1 N–H and O–H groups in total. The third kappa shape index (κ3) is 1.65. The van der Waals surface area contributed by atoms with Crippen molar-refractivity contribution < 1.29 is 5.11 Å². The molecule has 0 saturated carbocycles. The Morgan fingerprint density at radius 3 is 3.10 bits per heavy atom. The van der Waals surface area contributed by atoms with Crippen molar-refractivity contribution in [2.45, 2.75) is 13.5 Å². The highest BCUT2D eigenvalue weighted by Crippen LogP contribution is 2.10. The molecule has 54 valence electrons. The lowest BCUT2D eigenvalue weighted by Crippen LogP contribution is -1.79. The highest BCUT2D eigenvalue weighted by Gasteiger charge is 1.94. The van der Waals surface area contributed by atoms with Gasteiger partial charge in [0.25, 0.3) is 0 Å². The van der Waals surface area contributed by atoms with E-state index in [0.29, 0.717) is 0 Å². The second-order valence-electron chi connectivity index (χ2n) is 1.82. The topological polar surface area (TPSA) is 33.1 Å². The second-order valence-corrected chi connectivity index (χ2v) is 2.77. The smallest absolute Gasteiger partial charge is 0.119 e. The van der Waals surface area contributed by atoms with Crippen molar-refractivity contribution in [1.82, 2.24) is 4.98 Å². The fourth-order valence-electron chi connectivity index (χ4n) is 0.645. The Morgan fingerprint density at radius 1 is 1.80 bits per heavy atom. The molecule has 10 heavy (non-hydrogen) atoms. The van der Waals surface area contributed by atoms with E-state index >= 15 is 0 Å². The average Bonchev–Trinajstić information content (AvgIpc) is 2.37. The Balaban J connectivity index is 2.78. The normalized spacial score (nSPS) is 11.0. The van der Waals surface area contributed by atoms with Crippen molar-refractivity contribution in [2.24, 2.45) is 0 Å². The maximum absolute atomic E-state index is 8.64. The largest absolute Gasteiger partial charge is 0.389 e. The van der Waals surface area contributed by atoms with E-state index < -0.39 is 0 Å².